The van der Waals surface area contributed by atoms with Crippen molar-refractivity contribution in [1.29, 1.82) is 5.26 Å². The molecule has 8 nitrogen and oxygen atoms in total. The third kappa shape index (κ3) is 6.88. The molecule has 178 valence electrons. The monoisotopic (exact) mass is 539 g/mol. The molecule has 0 spiro atoms. The zero-order valence-electron chi connectivity index (χ0n) is 18.5. The molecule has 0 fully saturated rings. The van der Waals surface area contributed by atoms with Crippen LogP contribution in [0.4, 0.5) is 15.8 Å². The van der Waals surface area contributed by atoms with Gasteiger partial charge in [-0.1, -0.05) is 34.1 Å². The molecule has 10 heteroatoms. The van der Waals surface area contributed by atoms with Crippen LogP contribution < -0.4 is 14.8 Å². The molecule has 0 aromatic heterocycles. The van der Waals surface area contributed by atoms with Crippen LogP contribution in [0.1, 0.15) is 18.1 Å². The molecule has 0 aliphatic rings. The van der Waals surface area contributed by atoms with Crippen LogP contribution in [0.25, 0.3) is 6.08 Å². The Bertz CT molecular complexity index is 1340. The molecule has 0 aliphatic carbocycles. The van der Waals surface area contributed by atoms with E-state index in [0.29, 0.717) is 33.7 Å². The topological polar surface area (TPSA) is 114 Å². The molecule has 1 amide bonds. The summed E-state index contributed by atoms with van der Waals surface area (Å²) in [6.07, 6.45) is 1.36. The first kappa shape index (κ1) is 25.4. The number of non-ortho nitro benzene ring substituents is 1. The zero-order valence-corrected chi connectivity index (χ0v) is 20.0. The molecule has 0 aliphatic heterocycles. The molecular formula is C25H19BrFN3O5. The highest BCUT2D eigenvalue weighted by Gasteiger charge is 2.15. The van der Waals surface area contributed by atoms with E-state index in [1.165, 1.54) is 42.5 Å². The molecule has 1 N–H and O–H groups in total. The van der Waals surface area contributed by atoms with Crippen molar-refractivity contribution in [3.63, 3.8) is 0 Å². The Morgan fingerprint density at radius 3 is 2.60 bits per heavy atom. The molecule has 0 atom stereocenters. The maximum Gasteiger partial charge on any atom is 0.271 e. The van der Waals surface area contributed by atoms with Gasteiger partial charge in [0.05, 0.1) is 11.5 Å². The summed E-state index contributed by atoms with van der Waals surface area (Å²) in [5.74, 6) is -0.344. The van der Waals surface area contributed by atoms with Gasteiger partial charge in [-0.05, 0) is 54.5 Å². The lowest BCUT2D eigenvalue weighted by Gasteiger charge is -2.14. The van der Waals surface area contributed by atoms with Crippen LogP contribution in [0.3, 0.4) is 0 Å². The van der Waals surface area contributed by atoms with E-state index >= 15 is 0 Å². The predicted molar refractivity (Wildman–Crippen MR) is 131 cm³/mol. The van der Waals surface area contributed by atoms with E-state index in [-0.39, 0.29) is 29.4 Å². The number of nitro groups is 1. The number of benzene rings is 3. The SMILES string of the molecule is CCOc1cc(/C=C(\C#N)C(=O)Nc2cccc([N+](=O)[O-])c2)c(Br)cc1OCc1cccc(F)c1. The van der Waals surface area contributed by atoms with E-state index in [4.69, 9.17) is 9.47 Å². The Morgan fingerprint density at radius 2 is 1.91 bits per heavy atom. The fourth-order valence-corrected chi connectivity index (χ4v) is 3.47. The fraction of sp³-hybridized carbons (Fsp3) is 0.120. The molecule has 35 heavy (non-hydrogen) atoms. The summed E-state index contributed by atoms with van der Waals surface area (Å²) in [5, 5.41) is 23.0. The number of hydrogen-bond acceptors (Lipinski definition) is 6. The zero-order chi connectivity index (χ0) is 25.4. The summed E-state index contributed by atoms with van der Waals surface area (Å²) in [4.78, 5) is 23.0. The Balaban J connectivity index is 1.85. The molecule has 0 saturated heterocycles. The number of nitro benzene ring substituents is 1. The van der Waals surface area contributed by atoms with E-state index in [2.05, 4.69) is 21.2 Å². The Kier molecular flexibility index (Phi) is 8.53. The molecule has 0 saturated carbocycles. The van der Waals surface area contributed by atoms with Gasteiger partial charge in [-0.3, -0.25) is 14.9 Å². The third-order valence-electron chi connectivity index (χ3n) is 4.63. The van der Waals surface area contributed by atoms with Crippen molar-refractivity contribution in [3.8, 4) is 17.6 Å². The largest absolute Gasteiger partial charge is 0.490 e. The number of nitrogens with one attached hydrogen (secondary N) is 1. The summed E-state index contributed by atoms with van der Waals surface area (Å²) in [7, 11) is 0. The van der Waals surface area contributed by atoms with Gasteiger partial charge in [-0.2, -0.15) is 5.26 Å². The minimum atomic E-state index is -0.732. The van der Waals surface area contributed by atoms with Crippen LogP contribution >= 0.6 is 15.9 Å². The summed E-state index contributed by atoms with van der Waals surface area (Å²) in [6, 6.07) is 16.5. The van der Waals surface area contributed by atoms with Gasteiger partial charge in [-0.25, -0.2) is 4.39 Å². The first-order chi connectivity index (χ1) is 16.8. The number of ether oxygens (including phenoxy) is 2. The Morgan fingerprint density at radius 1 is 1.17 bits per heavy atom. The number of carbonyl (C=O) groups excluding carboxylic acids is 1. The third-order valence-corrected chi connectivity index (χ3v) is 5.31. The highest BCUT2D eigenvalue weighted by molar-refractivity contribution is 9.10. The molecular weight excluding hydrogens is 521 g/mol. The average molecular weight is 540 g/mol. The van der Waals surface area contributed by atoms with Crippen molar-refractivity contribution in [2.24, 2.45) is 0 Å². The van der Waals surface area contributed by atoms with Gasteiger partial charge in [0.15, 0.2) is 11.5 Å². The maximum absolute atomic E-state index is 13.4. The first-order valence-corrected chi connectivity index (χ1v) is 11.1. The quantitative estimate of drug-likeness (QED) is 0.154. The van der Waals surface area contributed by atoms with Gasteiger partial charge >= 0.3 is 0 Å². The van der Waals surface area contributed by atoms with E-state index in [9.17, 15) is 24.6 Å². The minimum absolute atomic E-state index is 0.106. The smallest absolute Gasteiger partial charge is 0.271 e. The molecule has 3 aromatic carbocycles. The van der Waals surface area contributed by atoms with Crippen LogP contribution in [0.5, 0.6) is 11.5 Å². The van der Waals surface area contributed by atoms with Crippen molar-refractivity contribution >= 4 is 39.3 Å². The van der Waals surface area contributed by atoms with Crippen molar-refractivity contribution in [2.45, 2.75) is 13.5 Å². The average Bonchev–Trinajstić information content (AvgIpc) is 2.83. The lowest BCUT2D eigenvalue weighted by Crippen LogP contribution is -2.13. The molecule has 0 radical (unpaired) electrons. The lowest BCUT2D eigenvalue weighted by atomic mass is 10.1. The number of nitrogens with zero attached hydrogens (tertiary/aromatic N) is 2. The summed E-state index contributed by atoms with van der Waals surface area (Å²) >= 11 is 3.41. The summed E-state index contributed by atoms with van der Waals surface area (Å²) < 4.78 is 25.4. The lowest BCUT2D eigenvalue weighted by molar-refractivity contribution is -0.384. The molecule has 3 aromatic rings. The van der Waals surface area contributed by atoms with Crippen LogP contribution in [-0.2, 0) is 11.4 Å². The number of carbonyl (C=O) groups is 1. The number of hydrogen-bond donors (Lipinski definition) is 1. The van der Waals surface area contributed by atoms with Gasteiger partial charge in [0.2, 0.25) is 0 Å². The van der Waals surface area contributed by atoms with Crippen LogP contribution in [0.15, 0.2) is 70.7 Å². The predicted octanol–water partition coefficient (Wildman–Crippen LogP) is 6.02. The summed E-state index contributed by atoms with van der Waals surface area (Å²) in [6.45, 7) is 2.23. The van der Waals surface area contributed by atoms with Crippen LogP contribution in [0.2, 0.25) is 0 Å². The van der Waals surface area contributed by atoms with Crippen molar-refractivity contribution in [2.75, 3.05) is 11.9 Å². The second kappa shape index (κ2) is 11.8. The van der Waals surface area contributed by atoms with Gasteiger partial charge < -0.3 is 14.8 Å². The van der Waals surface area contributed by atoms with E-state index in [1.807, 2.05) is 6.07 Å². The van der Waals surface area contributed by atoms with E-state index < -0.39 is 10.8 Å². The molecule has 0 bridgehead atoms. The summed E-state index contributed by atoms with van der Waals surface area (Å²) in [5.41, 5.74) is 0.867. The van der Waals surface area contributed by atoms with Crippen molar-refractivity contribution in [3.05, 3.63) is 97.8 Å². The highest BCUT2D eigenvalue weighted by atomic mass is 79.9. The number of amides is 1. The van der Waals surface area contributed by atoms with Gasteiger partial charge in [0.1, 0.15) is 24.1 Å². The van der Waals surface area contributed by atoms with Crippen LogP contribution in [-0.4, -0.2) is 17.4 Å². The number of nitriles is 1. The molecule has 0 unspecified atom stereocenters. The molecule has 0 heterocycles. The highest BCUT2D eigenvalue weighted by Crippen LogP contribution is 2.35. The van der Waals surface area contributed by atoms with Gasteiger partial charge in [0, 0.05) is 22.3 Å². The Hall–Kier alpha value is -4.23. The van der Waals surface area contributed by atoms with Gasteiger partial charge in [-0.15, -0.1) is 0 Å². The van der Waals surface area contributed by atoms with E-state index in [1.54, 1.807) is 31.2 Å². The second-order valence-corrected chi connectivity index (χ2v) is 7.96. The first-order valence-electron chi connectivity index (χ1n) is 10.3. The van der Waals surface area contributed by atoms with E-state index in [0.717, 1.165) is 0 Å². The maximum atomic E-state index is 13.4. The number of anilines is 1. The number of rotatable bonds is 9. The number of halogens is 2. The van der Waals surface area contributed by atoms with Gasteiger partial charge in [0.25, 0.3) is 11.6 Å². The standard InChI is InChI=1S/C25H19BrFN3O5/c1-2-34-23-11-17(22(26)13-24(23)35-15-16-5-3-6-19(27)9-16)10-18(14-28)25(31)29-20-7-4-8-21(12-20)30(32)33/h3-13H,2,15H2,1H3,(H,29,31)/b18-10+. The molecule has 3 rings (SSSR count). The second-order valence-electron chi connectivity index (χ2n) is 7.10. The fourth-order valence-electron chi connectivity index (χ4n) is 3.03. The van der Waals surface area contributed by atoms with Crippen molar-refractivity contribution in [1.82, 2.24) is 0 Å². The normalized spacial score (nSPS) is 10.9. The Labute approximate surface area is 208 Å². The van der Waals surface area contributed by atoms with Crippen molar-refractivity contribution < 1.29 is 23.6 Å². The van der Waals surface area contributed by atoms with Crippen LogP contribution in [0, 0.1) is 27.3 Å². The minimum Gasteiger partial charge on any atom is -0.490 e.